The molecule has 1 atom stereocenters. The van der Waals surface area contributed by atoms with E-state index in [1.54, 1.807) is 6.92 Å². The summed E-state index contributed by atoms with van der Waals surface area (Å²) in [6.07, 6.45) is 3.44. The molecule has 1 aliphatic heterocycles. The molecule has 1 amide bonds. The summed E-state index contributed by atoms with van der Waals surface area (Å²) >= 11 is 0. The number of hydrogen-bond acceptors (Lipinski definition) is 4. The lowest BCUT2D eigenvalue weighted by molar-refractivity contribution is 0.0700. The Bertz CT molecular complexity index is 963. The van der Waals surface area contributed by atoms with E-state index in [1.165, 1.54) is 11.8 Å². The van der Waals surface area contributed by atoms with Gasteiger partial charge in [0.2, 0.25) is 0 Å². The van der Waals surface area contributed by atoms with E-state index >= 15 is 0 Å². The number of pyridine rings is 1. The van der Waals surface area contributed by atoms with E-state index in [-0.39, 0.29) is 11.8 Å². The largest absolute Gasteiger partial charge is 0.448 e. The highest BCUT2D eigenvalue weighted by atomic mass is 16.3. The van der Waals surface area contributed by atoms with Gasteiger partial charge in [0.05, 0.1) is 5.69 Å². The topological polar surface area (TPSA) is 59.2 Å². The molecule has 0 unspecified atom stereocenters. The predicted molar refractivity (Wildman–Crippen MR) is 104 cm³/mol. The monoisotopic (exact) mass is 361 g/mol. The van der Waals surface area contributed by atoms with Gasteiger partial charge in [-0.2, -0.15) is 0 Å². The third-order valence-corrected chi connectivity index (χ3v) is 5.05. The zero-order valence-corrected chi connectivity index (χ0v) is 15.7. The summed E-state index contributed by atoms with van der Waals surface area (Å²) in [7, 11) is 0. The van der Waals surface area contributed by atoms with Gasteiger partial charge in [0.1, 0.15) is 6.26 Å². The Hall–Kier alpha value is -2.95. The Morgan fingerprint density at radius 3 is 2.78 bits per heavy atom. The van der Waals surface area contributed by atoms with E-state index < -0.39 is 0 Å². The summed E-state index contributed by atoms with van der Waals surface area (Å²) in [6.45, 7) is 5.24. The molecule has 2 aromatic heterocycles. The lowest BCUT2D eigenvalue weighted by atomic mass is 9.93. The fourth-order valence-corrected chi connectivity index (χ4v) is 3.67. The van der Waals surface area contributed by atoms with Gasteiger partial charge < -0.3 is 9.32 Å². The van der Waals surface area contributed by atoms with Crippen LogP contribution in [0, 0.1) is 13.8 Å². The molecule has 1 fully saturated rings. The maximum atomic E-state index is 12.7. The lowest BCUT2D eigenvalue weighted by Crippen LogP contribution is -2.39. The maximum Gasteiger partial charge on any atom is 0.275 e. The second-order valence-corrected chi connectivity index (χ2v) is 7.16. The summed E-state index contributed by atoms with van der Waals surface area (Å²) in [6, 6.07) is 14.5. The third-order valence-electron chi connectivity index (χ3n) is 5.05. The van der Waals surface area contributed by atoms with E-state index in [2.05, 4.69) is 48.3 Å². The van der Waals surface area contributed by atoms with Crippen LogP contribution >= 0.6 is 0 Å². The third kappa shape index (κ3) is 3.77. The zero-order chi connectivity index (χ0) is 18.8. The number of hydrogen-bond donors (Lipinski definition) is 0. The maximum absolute atomic E-state index is 12.7. The number of piperidine rings is 1. The van der Waals surface area contributed by atoms with Crippen LogP contribution in [0.15, 0.2) is 53.1 Å². The molecule has 0 radical (unpaired) electrons. The van der Waals surface area contributed by atoms with Crippen molar-refractivity contribution in [2.24, 2.45) is 0 Å². The van der Waals surface area contributed by atoms with Crippen molar-refractivity contribution in [2.45, 2.75) is 32.6 Å². The van der Waals surface area contributed by atoms with E-state index in [9.17, 15) is 4.79 Å². The first-order chi connectivity index (χ1) is 13.1. The van der Waals surface area contributed by atoms with Crippen molar-refractivity contribution < 1.29 is 9.21 Å². The van der Waals surface area contributed by atoms with Gasteiger partial charge in [-0.15, -0.1) is 0 Å². The first kappa shape index (κ1) is 17.5. The van der Waals surface area contributed by atoms with Crippen LogP contribution in [-0.2, 0) is 0 Å². The van der Waals surface area contributed by atoms with Gasteiger partial charge in [0.15, 0.2) is 11.6 Å². The normalized spacial score (nSPS) is 17.1. The number of amides is 1. The Labute approximate surface area is 159 Å². The molecular formula is C22H23N3O2. The number of carbonyl (C=O) groups is 1. The van der Waals surface area contributed by atoms with Crippen LogP contribution in [0.2, 0.25) is 0 Å². The Morgan fingerprint density at radius 1 is 1.15 bits per heavy atom. The van der Waals surface area contributed by atoms with Crippen molar-refractivity contribution in [1.82, 2.24) is 14.9 Å². The van der Waals surface area contributed by atoms with Gasteiger partial charge in [-0.05, 0) is 38.0 Å². The lowest BCUT2D eigenvalue weighted by Gasteiger charge is -2.32. The van der Waals surface area contributed by atoms with Gasteiger partial charge in [0, 0.05) is 37.2 Å². The summed E-state index contributed by atoms with van der Waals surface area (Å²) in [5.74, 6) is 0.686. The van der Waals surface area contributed by atoms with Crippen LogP contribution in [0.4, 0.5) is 0 Å². The highest BCUT2D eigenvalue weighted by molar-refractivity contribution is 5.92. The molecule has 5 heteroatoms. The van der Waals surface area contributed by atoms with Gasteiger partial charge in [-0.25, -0.2) is 4.98 Å². The van der Waals surface area contributed by atoms with E-state index in [1.807, 2.05) is 11.0 Å². The van der Waals surface area contributed by atoms with E-state index in [0.29, 0.717) is 18.1 Å². The molecule has 3 aromatic rings. The van der Waals surface area contributed by atoms with E-state index in [0.717, 1.165) is 36.3 Å². The molecule has 1 aliphatic rings. The SMILES string of the molecule is Cc1cccc(-c2cccc([C@H]3CCCN(C(=O)c4coc(C)n4)C3)n2)c1. The number of oxazole rings is 1. The molecule has 0 bridgehead atoms. The summed E-state index contributed by atoms with van der Waals surface area (Å²) in [5, 5.41) is 0. The Balaban J connectivity index is 1.55. The van der Waals surface area contributed by atoms with E-state index in [4.69, 9.17) is 9.40 Å². The molecule has 138 valence electrons. The molecular weight excluding hydrogens is 338 g/mol. The molecule has 0 N–H and O–H groups in total. The number of benzene rings is 1. The molecule has 0 spiro atoms. The predicted octanol–water partition coefficient (Wildman–Crippen LogP) is 4.37. The average Bonchev–Trinajstić information content (AvgIpc) is 3.14. The van der Waals surface area contributed by atoms with Crippen LogP contribution in [-0.4, -0.2) is 33.9 Å². The number of aromatic nitrogens is 2. The summed E-state index contributed by atoms with van der Waals surface area (Å²) in [4.78, 5) is 23.6. The molecule has 0 aliphatic carbocycles. The van der Waals surface area contributed by atoms with Gasteiger partial charge in [-0.1, -0.05) is 29.8 Å². The molecule has 1 aromatic carbocycles. The highest BCUT2D eigenvalue weighted by Gasteiger charge is 2.27. The van der Waals surface area contributed by atoms with Crippen LogP contribution in [0.5, 0.6) is 0 Å². The molecule has 3 heterocycles. The number of rotatable bonds is 3. The Morgan fingerprint density at radius 2 is 2.00 bits per heavy atom. The van der Waals surface area contributed by atoms with Crippen molar-refractivity contribution in [3.8, 4) is 11.3 Å². The number of nitrogens with zero attached hydrogens (tertiary/aromatic N) is 3. The average molecular weight is 361 g/mol. The number of carbonyl (C=O) groups excluding carboxylic acids is 1. The van der Waals surface area contributed by atoms with Crippen molar-refractivity contribution in [1.29, 1.82) is 0 Å². The van der Waals surface area contributed by atoms with Crippen molar-refractivity contribution in [3.63, 3.8) is 0 Å². The number of likely N-dealkylation sites (tertiary alicyclic amines) is 1. The Kier molecular flexibility index (Phi) is 4.75. The fourth-order valence-electron chi connectivity index (χ4n) is 3.67. The number of aryl methyl sites for hydroxylation is 2. The van der Waals surface area contributed by atoms with Crippen molar-refractivity contribution in [2.75, 3.05) is 13.1 Å². The first-order valence-corrected chi connectivity index (χ1v) is 9.35. The summed E-state index contributed by atoms with van der Waals surface area (Å²) < 4.78 is 5.19. The zero-order valence-electron chi connectivity index (χ0n) is 15.7. The van der Waals surface area contributed by atoms with Crippen molar-refractivity contribution >= 4 is 5.91 Å². The smallest absolute Gasteiger partial charge is 0.275 e. The highest BCUT2D eigenvalue weighted by Crippen LogP contribution is 2.28. The van der Waals surface area contributed by atoms with Crippen LogP contribution in [0.3, 0.4) is 0 Å². The quantitative estimate of drug-likeness (QED) is 0.695. The van der Waals surface area contributed by atoms with Gasteiger partial charge >= 0.3 is 0 Å². The first-order valence-electron chi connectivity index (χ1n) is 9.35. The van der Waals surface area contributed by atoms with Gasteiger partial charge in [-0.3, -0.25) is 9.78 Å². The molecule has 0 saturated carbocycles. The fraction of sp³-hybridized carbons (Fsp3) is 0.318. The second-order valence-electron chi connectivity index (χ2n) is 7.16. The standard InChI is InChI=1S/C22H23N3O2/c1-15-6-3-7-17(12-15)19-9-4-10-20(24-19)18-8-5-11-25(13-18)22(26)21-14-27-16(2)23-21/h3-4,6-7,9-10,12,14,18H,5,8,11,13H2,1-2H3/t18-/m0/s1. The van der Waals surface area contributed by atoms with Gasteiger partial charge in [0.25, 0.3) is 5.91 Å². The minimum absolute atomic E-state index is 0.0635. The summed E-state index contributed by atoms with van der Waals surface area (Å²) in [5.41, 5.74) is 4.75. The minimum Gasteiger partial charge on any atom is -0.448 e. The van der Waals surface area contributed by atoms with Crippen LogP contribution in [0.1, 0.15) is 46.4 Å². The van der Waals surface area contributed by atoms with Crippen LogP contribution < -0.4 is 0 Å². The van der Waals surface area contributed by atoms with Crippen LogP contribution in [0.25, 0.3) is 11.3 Å². The molecule has 5 nitrogen and oxygen atoms in total. The molecule has 4 rings (SSSR count). The molecule has 27 heavy (non-hydrogen) atoms. The van der Waals surface area contributed by atoms with Crippen molar-refractivity contribution in [3.05, 3.63) is 71.6 Å². The molecule has 1 saturated heterocycles. The second kappa shape index (κ2) is 7.35. The minimum atomic E-state index is -0.0635.